The van der Waals surface area contributed by atoms with Crippen LogP contribution in [0, 0.1) is 17.9 Å². The number of nitrogens with zero attached hydrogens (tertiary/aromatic N) is 2. The van der Waals surface area contributed by atoms with E-state index in [-0.39, 0.29) is 5.92 Å². The number of halogens is 1. The Morgan fingerprint density at radius 1 is 1.40 bits per heavy atom. The van der Waals surface area contributed by atoms with E-state index in [2.05, 4.69) is 21.9 Å². The number of hydrogen-bond acceptors (Lipinski definition) is 1. The highest BCUT2D eigenvalue weighted by Crippen LogP contribution is 2.41. The fourth-order valence-electron chi connectivity index (χ4n) is 3.17. The summed E-state index contributed by atoms with van der Waals surface area (Å²) in [6.45, 7) is 13.6. The molecule has 1 aromatic carbocycles. The monoisotopic (exact) mass is 274 g/mol. The van der Waals surface area contributed by atoms with Crippen LogP contribution in [-0.2, 0) is 6.54 Å². The van der Waals surface area contributed by atoms with E-state index in [1.807, 2.05) is 32.0 Å². The van der Waals surface area contributed by atoms with Gasteiger partial charge in [-0.1, -0.05) is 44.2 Å². The van der Waals surface area contributed by atoms with Crippen LogP contribution in [0.25, 0.3) is 4.85 Å². The van der Waals surface area contributed by atoms with E-state index in [0.717, 1.165) is 19.5 Å². The Morgan fingerprint density at radius 3 is 2.65 bits per heavy atom. The van der Waals surface area contributed by atoms with Gasteiger partial charge in [-0.25, -0.2) is 11.0 Å². The van der Waals surface area contributed by atoms with Crippen LogP contribution in [0.5, 0.6) is 0 Å². The highest BCUT2D eigenvalue weighted by molar-refractivity contribution is 5.15. The fourth-order valence-corrected chi connectivity index (χ4v) is 3.17. The zero-order valence-electron chi connectivity index (χ0n) is 12.3. The minimum Gasteiger partial charge on any atom is -0.316 e. The van der Waals surface area contributed by atoms with Crippen molar-refractivity contribution < 1.29 is 4.39 Å². The summed E-state index contributed by atoms with van der Waals surface area (Å²) in [5.41, 5.74) is 0.775. The largest absolute Gasteiger partial charge is 0.316 e. The molecular formula is C17H23FN2. The van der Waals surface area contributed by atoms with Gasteiger partial charge >= 0.3 is 0 Å². The third-order valence-corrected chi connectivity index (χ3v) is 4.71. The van der Waals surface area contributed by atoms with Crippen LogP contribution >= 0.6 is 0 Å². The highest BCUT2D eigenvalue weighted by Gasteiger charge is 2.48. The van der Waals surface area contributed by atoms with Gasteiger partial charge in [0.2, 0.25) is 6.54 Å². The average molecular weight is 274 g/mol. The second-order valence-electron chi connectivity index (χ2n) is 6.14. The van der Waals surface area contributed by atoms with Gasteiger partial charge in [0.05, 0.1) is 5.41 Å². The lowest BCUT2D eigenvalue weighted by Crippen LogP contribution is -2.52. The summed E-state index contributed by atoms with van der Waals surface area (Å²) in [5.74, 6) is 0.213. The van der Waals surface area contributed by atoms with Crippen molar-refractivity contribution >= 4 is 0 Å². The molecule has 1 aliphatic heterocycles. The van der Waals surface area contributed by atoms with Gasteiger partial charge < -0.3 is 4.85 Å². The van der Waals surface area contributed by atoms with Crippen LogP contribution in [0.2, 0.25) is 0 Å². The summed E-state index contributed by atoms with van der Waals surface area (Å²) in [4.78, 5) is 5.67. The maximum Gasteiger partial charge on any atom is 0.223 e. The van der Waals surface area contributed by atoms with Crippen molar-refractivity contribution in [2.45, 2.75) is 33.0 Å². The molecule has 0 aliphatic carbocycles. The normalized spacial score (nSPS) is 27.4. The Labute approximate surface area is 121 Å². The highest BCUT2D eigenvalue weighted by atomic mass is 19.1. The summed E-state index contributed by atoms with van der Waals surface area (Å²) in [6, 6.07) is 10.2. The number of hydrogen-bond donors (Lipinski definition) is 0. The number of likely N-dealkylation sites (tertiary alicyclic amines) is 1. The first-order valence-electron chi connectivity index (χ1n) is 7.32. The van der Waals surface area contributed by atoms with Gasteiger partial charge in [0.1, 0.15) is 6.17 Å². The second kappa shape index (κ2) is 6.37. The van der Waals surface area contributed by atoms with Crippen molar-refractivity contribution in [1.29, 1.82) is 0 Å². The quantitative estimate of drug-likeness (QED) is 0.758. The zero-order valence-corrected chi connectivity index (χ0v) is 12.3. The minimum atomic E-state index is -0.908. The summed E-state index contributed by atoms with van der Waals surface area (Å²) < 4.78 is 14.7. The van der Waals surface area contributed by atoms with Gasteiger partial charge in [0.25, 0.3) is 0 Å². The molecule has 1 fully saturated rings. The van der Waals surface area contributed by atoms with E-state index in [4.69, 9.17) is 6.57 Å². The van der Waals surface area contributed by atoms with Crippen LogP contribution in [0.15, 0.2) is 30.3 Å². The molecule has 2 rings (SSSR count). The van der Waals surface area contributed by atoms with Crippen molar-refractivity contribution in [1.82, 2.24) is 4.90 Å². The SMILES string of the molecule is [C-]#[N+]C[C@]1(C(C)C)CCN(Cc2ccccc2)C[C@H]1F. The van der Waals surface area contributed by atoms with Gasteiger partial charge in [-0.05, 0) is 24.4 Å². The van der Waals surface area contributed by atoms with Crippen molar-refractivity contribution in [3.05, 3.63) is 47.3 Å². The zero-order chi connectivity index (χ0) is 14.6. The first-order valence-corrected chi connectivity index (χ1v) is 7.32. The summed E-state index contributed by atoms with van der Waals surface area (Å²) >= 11 is 0. The number of benzene rings is 1. The predicted molar refractivity (Wildman–Crippen MR) is 80.0 cm³/mol. The van der Waals surface area contributed by atoms with E-state index >= 15 is 0 Å². The van der Waals surface area contributed by atoms with E-state index < -0.39 is 11.6 Å². The standard InChI is InChI=1S/C17H23FN2/c1-14(2)17(13-19-3)9-10-20(12-16(17)18)11-15-7-5-4-6-8-15/h4-8,14,16H,9-13H2,1-2H3/t16-,17+/m1/s1. The molecule has 0 amide bonds. The molecule has 1 heterocycles. The average Bonchev–Trinajstić information content (AvgIpc) is 2.43. The lowest BCUT2D eigenvalue weighted by atomic mass is 9.69. The van der Waals surface area contributed by atoms with E-state index in [9.17, 15) is 4.39 Å². The maximum atomic E-state index is 14.7. The molecule has 2 nitrogen and oxygen atoms in total. The van der Waals surface area contributed by atoms with Gasteiger partial charge in [0.15, 0.2) is 0 Å². The maximum absolute atomic E-state index is 14.7. The van der Waals surface area contributed by atoms with E-state index in [1.165, 1.54) is 5.56 Å². The van der Waals surface area contributed by atoms with Gasteiger partial charge in [-0.3, -0.25) is 4.90 Å². The van der Waals surface area contributed by atoms with E-state index in [1.54, 1.807) is 0 Å². The Morgan fingerprint density at radius 2 is 2.10 bits per heavy atom. The molecule has 1 aromatic rings. The molecule has 3 heteroatoms. The molecule has 0 unspecified atom stereocenters. The molecule has 0 radical (unpaired) electrons. The van der Waals surface area contributed by atoms with Crippen LogP contribution in [-0.4, -0.2) is 30.7 Å². The first-order chi connectivity index (χ1) is 9.58. The molecule has 1 saturated heterocycles. The van der Waals surface area contributed by atoms with Gasteiger partial charge in [-0.2, -0.15) is 0 Å². The van der Waals surface area contributed by atoms with Crippen LogP contribution < -0.4 is 0 Å². The molecule has 0 saturated carbocycles. The van der Waals surface area contributed by atoms with Crippen molar-refractivity contribution in [2.24, 2.45) is 11.3 Å². The molecular weight excluding hydrogens is 251 g/mol. The second-order valence-corrected chi connectivity index (χ2v) is 6.14. The summed E-state index contributed by atoms with van der Waals surface area (Å²) in [7, 11) is 0. The Balaban J connectivity index is 2.03. The van der Waals surface area contributed by atoms with Gasteiger partial charge in [-0.15, -0.1) is 0 Å². The van der Waals surface area contributed by atoms with Crippen LogP contribution in [0.1, 0.15) is 25.8 Å². The Bertz CT molecular complexity index is 466. The molecule has 0 aromatic heterocycles. The molecule has 0 spiro atoms. The fraction of sp³-hybridized carbons (Fsp3) is 0.588. The molecule has 2 atom stereocenters. The third-order valence-electron chi connectivity index (χ3n) is 4.71. The van der Waals surface area contributed by atoms with Crippen LogP contribution in [0.3, 0.4) is 0 Å². The van der Waals surface area contributed by atoms with E-state index in [0.29, 0.717) is 13.1 Å². The lowest BCUT2D eigenvalue weighted by molar-refractivity contribution is -0.0168. The Hall–Kier alpha value is -1.40. The molecule has 0 bridgehead atoms. The van der Waals surface area contributed by atoms with Gasteiger partial charge in [0, 0.05) is 13.1 Å². The molecule has 1 aliphatic rings. The van der Waals surface area contributed by atoms with Crippen LogP contribution in [0.4, 0.5) is 4.39 Å². The number of alkyl halides is 1. The Kier molecular flexibility index (Phi) is 4.77. The lowest BCUT2D eigenvalue weighted by Gasteiger charge is -2.43. The van der Waals surface area contributed by atoms with Crippen molar-refractivity contribution in [3.8, 4) is 0 Å². The molecule has 108 valence electrons. The van der Waals surface area contributed by atoms with Crippen molar-refractivity contribution in [2.75, 3.05) is 19.6 Å². The molecule has 20 heavy (non-hydrogen) atoms. The summed E-state index contributed by atoms with van der Waals surface area (Å²) in [6.07, 6.45) is -0.129. The topological polar surface area (TPSA) is 7.60 Å². The molecule has 0 N–H and O–H groups in total. The first kappa shape index (κ1) is 15.0. The van der Waals surface area contributed by atoms with Crippen molar-refractivity contribution in [3.63, 3.8) is 0 Å². The number of rotatable bonds is 4. The predicted octanol–water partition coefficient (Wildman–Crippen LogP) is 3.79. The summed E-state index contributed by atoms with van der Waals surface area (Å²) in [5, 5.41) is 0. The third kappa shape index (κ3) is 3.02. The number of piperidine rings is 1. The minimum absolute atomic E-state index is 0.213. The smallest absolute Gasteiger partial charge is 0.223 e.